The van der Waals surface area contributed by atoms with Crippen LogP contribution in [0.25, 0.3) is 0 Å². The van der Waals surface area contributed by atoms with Crippen molar-refractivity contribution in [1.29, 1.82) is 0 Å². The fourth-order valence-corrected chi connectivity index (χ4v) is 1.40. The summed E-state index contributed by atoms with van der Waals surface area (Å²) in [6.45, 7) is 5.56. The summed E-state index contributed by atoms with van der Waals surface area (Å²) in [6.07, 6.45) is 0. The normalized spacial score (nSPS) is 9.06. The topological polar surface area (TPSA) is 29.5 Å². The number of esters is 1. The third-order valence-corrected chi connectivity index (χ3v) is 2.24. The Morgan fingerprint density at radius 2 is 2.00 bits per heavy atom. The van der Waals surface area contributed by atoms with E-state index < -0.39 is 5.97 Å². The Balaban J connectivity index is 2.57. The maximum atomic E-state index is 11.0. The number of rotatable bonds is 4. The monoisotopic (exact) mass is 231 g/mol. The minimum absolute atomic E-state index is 0.365. The van der Waals surface area contributed by atoms with Gasteiger partial charge in [0, 0.05) is 18.2 Å². The van der Waals surface area contributed by atoms with Gasteiger partial charge in [0.1, 0.15) is 0 Å². The predicted octanol–water partition coefficient (Wildman–Crippen LogP) is 2.08. The zero-order valence-corrected chi connectivity index (χ0v) is 10.3. The summed E-state index contributed by atoms with van der Waals surface area (Å²) in [5.41, 5.74) is 1.10. The number of hydrogen-bond acceptors (Lipinski definition) is 3. The molecule has 0 unspecified atom stereocenters. The van der Waals surface area contributed by atoms with Crippen LogP contribution in [0.4, 0.5) is 5.69 Å². The largest absolute Gasteiger partial charge is 0.456 e. The molecule has 0 fully saturated rings. The predicted molar refractivity (Wildman–Crippen MR) is 68.7 cm³/mol. The fraction of sp³-hybridized carbons (Fsp3) is 0.357. The molecule has 0 aliphatic rings. The number of hydrogen-bond donors (Lipinski definition) is 0. The summed E-state index contributed by atoms with van der Waals surface area (Å²) >= 11 is 0. The van der Waals surface area contributed by atoms with Crippen molar-refractivity contribution >= 4 is 11.7 Å². The van der Waals surface area contributed by atoms with Crippen molar-refractivity contribution in [3.8, 4) is 11.8 Å². The van der Waals surface area contributed by atoms with Gasteiger partial charge >= 0.3 is 5.97 Å². The molecule has 17 heavy (non-hydrogen) atoms. The van der Waals surface area contributed by atoms with E-state index in [9.17, 15) is 4.79 Å². The van der Waals surface area contributed by atoms with Gasteiger partial charge in [0.2, 0.25) is 0 Å². The molecule has 0 aliphatic carbocycles. The Kier molecular flexibility index (Phi) is 5.67. The molecule has 0 N–H and O–H groups in total. The first-order valence-electron chi connectivity index (χ1n) is 5.73. The molecule has 0 heterocycles. The summed E-state index contributed by atoms with van der Waals surface area (Å²) in [4.78, 5) is 13.1. The van der Waals surface area contributed by atoms with Crippen LogP contribution >= 0.6 is 0 Å². The Hall–Kier alpha value is -1.95. The molecule has 90 valence electrons. The molecular weight excluding hydrogens is 214 g/mol. The van der Waals surface area contributed by atoms with E-state index >= 15 is 0 Å². The number of carbonyl (C=O) groups excluding carboxylic acids is 1. The summed E-state index contributed by atoms with van der Waals surface area (Å²) in [5.74, 6) is 4.82. The molecule has 1 rings (SSSR count). The number of carbonyl (C=O) groups is 1. The smallest absolute Gasteiger partial charge is 0.384 e. The maximum absolute atomic E-state index is 11.0. The lowest BCUT2D eigenvalue weighted by atomic mass is 10.3. The number of ether oxygens (including phenoxy) is 1. The lowest BCUT2D eigenvalue weighted by molar-refractivity contribution is -0.136. The number of nitrogens with zero attached hydrogens (tertiary/aromatic N) is 1. The van der Waals surface area contributed by atoms with Gasteiger partial charge in [0.05, 0.1) is 13.2 Å². The second-order valence-corrected chi connectivity index (χ2v) is 3.37. The van der Waals surface area contributed by atoms with Crippen LogP contribution in [0.5, 0.6) is 0 Å². The van der Waals surface area contributed by atoms with Gasteiger partial charge in [-0.3, -0.25) is 0 Å². The van der Waals surface area contributed by atoms with Crippen molar-refractivity contribution in [1.82, 2.24) is 0 Å². The van der Waals surface area contributed by atoms with E-state index in [2.05, 4.69) is 23.7 Å². The van der Waals surface area contributed by atoms with E-state index in [-0.39, 0.29) is 0 Å². The number of para-hydroxylation sites is 1. The third-order valence-electron chi connectivity index (χ3n) is 2.24. The Bertz CT molecular complexity index is 403. The lowest BCUT2D eigenvalue weighted by Crippen LogP contribution is -2.22. The lowest BCUT2D eigenvalue weighted by Gasteiger charge is -2.19. The molecule has 3 heteroatoms. The van der Waals surface area contributed by atoms with Gasteiger partial charge in [0.15, 0.2) is 0 Å². The summed E-state index contributed by atoms with van der Waals surface area (Å²) < 4.78 is 4.73. The first-order valence-corrected chi connectivity index (χ1v) is 5.73. The van der Waals surface area contributed by atoms with E-state index in [1.807, 2.05) is 30.3 Å². The Morgan fingerprint density at radius 3 is 2.59 bits per heavy atom. The fourth-order valence-electron chi connectivity index (χ4n) is 1.40. The van der Waals surface area contributed by atoms with Gasteiger partial charge in [-0.1, -0.05) is 24.1 Å². The summed E-state index contributed by atoms with van der Waals surface area (Å²) in [6, 6.07) is 9.99. The van der Waals surface area contributed by atoms with Crippen molar-refractivity contribution in [2.24, 2.45) is 0 Å². The Morgan fingerprint density at radius 1 is 1.29 bits per heavy atom. The van der Waals surface area contributed by atoms with Gasteiger partial charge in [-0.2, -0.15) is 0 Å². The zero-order chi connectivity index (χ0) is 12.5. The molecule has 0 saturated heterocycles. The molecule has 0 spiro atoms. The van der Waals surface area contributed by atoms with Gasteiger partial charge in [-0.15, -0.1) is 0 Å². The summed E-state index contributed by atoms with van der Waals surface area (Å²) in [5, 5.41) is 0. The van der Waals surface area contributed by atoms with Gasteiger partial charge in [0.25, 0.3) is 0 Å². The maximum Gasteiger partial charge on any atom is 0.384 e. The van der Waals surface area contributed by atoms with Crippen molar-refractivity contribution in [3.05, 3.63) is 30.3 Å². The first kappa shape index (κ1) is 13.1. The molecule has 0 saturated carbocycles. The van der Waals surface area contributed by atoms with E-state index in [1.54, 1.807) is 6.92 Å². The average Bonchev–Trinajstić information content (AvgIpc) is 2.36. The third kappa shape index (κ3) is 4.60. The zero-order valence-electron chi connectivity index (χ0n) is 10.3. The second kappa shape index (κ2) is 7.34. The molecule has 1 aromatic rings. The highest BCUT2D eigenvalue weighted by Crippen LogP contribution is 2.11. The molecule has 0 aromatic heterocycles. The first-order chi connectivity index (χ1) is 8.27. The van der Waals surface area contributed by atoms with Crippen LogP contribution < -0.4 is 4.90 Å². The van der Waals surface area contributed by atoms with Crippen LogP contribution in [-0.2, 0) is 9.53 Å². The van der Waals surface area contributed by atoms with Crippen LogP contribution in [-0.4, -0.2) is 25.7 Å². The molecule has 0 radical (unpaired) electrons. The van der Waals surface area contributed by atoms with Crippen molar-refractivity contribution < 1.29 is 9.53 Å². The highest BCUT2D eigenvalue weighted by Gasteiger charge is 2.00. The van der Waals surface area contributed by atoms with Crippen molar-refractivity contribution in [2.75, 3.05) is 24.6 Å². The van der Waals surface area contributed by atoms with Crippen LogP contribution in [0.3, 0.4) is 0 Å². The van der Waals surface area contributed by atoms with Crippen molar-refractivity contribution in [3.63, 3.8) is 0 Å². The Labute approximate surface area is 102 Å². The van der Waals surface area contributed by atoms with E-state index in [0.717, 1.165) is 12.2 Å². The molecule has 0 aliphatic heterocycles. The quantitative estimate of drug-likeness (QED) is 0.451. The van der Waals surface area contributed by atoms with Crippen LogP contribution in [0.1, 0.15) is 13.8 Å². The SMILES string of the molecule is CCOC(=O)C#CCN(CC)c1ccccc1. The van der Waals surface area contributed by atoms with E-state index in [4.69, 9.17) is 4.74 Å². The van der Waals surface area contributed by atoms with Gasteiger partial charge in [-0.25, -0.2) is 4.79 Å². The molecule has 3 nitrogen and oxygen atoms in total. The van der Waals surface area contributed by atoms with E-state index in [0.29, 0.717) is 13.2 Å². The summed E-state index contributed by atoms with van der Waals surface area (Å²) in [7, 11) is 0. The second-order valence-electron chi connectivity index (χ2n) is 3.37. The van der Waals surface area contributed by atoms with Gasteiger partial charge in [-0.05, 0) is 26.0 Å². The molecule has 1 aromatic carbocycles. The van der Waals surface area contributed by atoms with Crippen LogP contribution in [0.2, 0.25) is 0 Å². The van der Waals surface area contributed by atoms with Crippen molar-refractivity contribution in [2.45, 2.75) is 13.8 Å². The standard InChI is InChI=1S/C14H17NO2/c1-3-15(13-9-6-5-7-10-13)12-8-11-14(16)17-4-2/h5-7,9-10H,3-4,12H2,1-2H3. The molecule has 0 atom stereocenters. The molecular formula is C14H17NO2. The molecule has 0 bridgehead atoms. The minimum atomic E-state index is -0.461. The van der Waals surface area contributed by atoms with Crippen LogP contribution in [0, 0.1) is 11.8 Å². The molecule has 0 amide bonds. The number of benzene rings is 1. The van der Waals surface area contributed by atoms with Crippen LogP contribution in [0.15, 0.2) is 30.3 Å². The highest BCUT2D eigenvalue weighted by molar-refractivity contribution is 5.88. The number of anilines is 1. The van der Waals surface area contributed by atoms with Gasteiger partial charge < -0.3 is 9.64 Å². The highest BCUT2D eigenvalue weighted by atomic mass is 16.5. The van der Waals surface area contributed by atoms with E-state index in [1.165, 1.54) is 0 Å². The minimum Gasteiger partial charge on any atom is -0.456 e. The average molecular weight is 231 g/mol.